The molecule has 0 radical (unpaired) electrons. The maximum absolute atomic E-state index is 14.4. The highest BCUT2D eigenvalue weighted by Gasteiger charge is 2.56. The second-order valence-electron chi connectivity index (χ2n) is 19.2. The molecule has 2 bridgehead atoms. The SMILES string of the molecule is CCC(C)C/C=C/C[C@@H]1/C=C(\C)C[C@H](C)C[C@H](OC)[C@H]2O[C@@](O)(C(=O)C(=O)N3CCCC[C@H]3C(=O)O[C@H](/C(C)=C/[C@@H]3CC[C@@H](O)[C@H](OC)C3)[C@H](C)[C@@H](O)CC1=O)[C@H](C)C[C@@H]2OC. The minimum Gasteiger partial charge on any atom is -0.456 e. The van der Waals surface area contributed by atoms with Gasteiger partial charge in [0.05, 0.1) is 30.5 Å². The lowest BCUT2D eigenvalue weighted by Crippen LogP contribution is -2.64. The van der Waals surface area contributed by atoms with E-state index in [0.29, 0.717) is 62.9 Å². The summed E-state index contributed by atoms with van der Waals surface area (Å²) in [4.78, 5) is 58.6. The van der Waals surface area contributed by atoms with Crippen molar-refractivity contribution in [1.29, 1.82) is 0 Å². The normalized spacial score (nSPS) is 39.4. The van der Waals surface area contributed by atoms with Gasteiger partial charge in [0.2, 0.25) is 5.79 Å². The van der Waals surface area contributed by atoms with Crippen molar-refractivity contribution in [3.8, 4) is 0 Å². The monoisotopic (exact) mass is 874 g/mol. The molecule has 4 rings (SSSR count). The van der Waals surface area contributed by atoms with E-state index < -0.39 is 83.9 Å². The van der Waals surface area contributed by atoms with Crippen molar-refractivity contribution < 1.29 is 58.2 Å². The number of allylic oxidation sites excluding steroid dienone is 5. The molecule has 1 aliphatic carbocycles. The van der Waals surface area contributed by atoms with Gasteiger partial charge in [0.1, 0.15) is 24.0 Å². The van der Waals surface area contributed by atoms with Gasteiger partial charge in [-0.05, 0) is 108 Å². The fraction of sp³-hybridized carbons (Fsp3) is 0.796. The standard InChI is InChI=1S/C49H79NO12/c1-11-29(2)16-12-13-17-36-23-30(3)22-31(4)24-42(59-9)45-43(60-10)26-33(6)49(57,62-45)46(54)47(55)50-21-15-14-18-37(50)48(56)61-44(34(7)39(52)28-40(36)53)32(5)25-35-19-20-38(51)41(27-35)58-8/h12-13,23,25,29,31,33-39,41-45,51-52,57H,11,14-22,24,26-28H2,1-10H3/b13-12+,30-23+,32-25+/t29?,31-,33+,34+,35-,36+,37-,38+,39-,41+,42-,43-,44+,45+,49+/m0/s1. The first-order valence-electron chi connectivity index (χ1n) is 23.3. The molecule has 15 atom stereocenters. The Morgan fingerprint density at radius 2 is 1.60 bits per heavy atom. The topological polar surface area (TPSA) is 178 Å². The first-order valence-corrected chi connectivity index (χ1v) is 23.3. The van der Waals surface area contributed by atoms with Gasteiger partial charge in [-0.1, -0.05) is 70.9 Å². The lowest BCUT2D eigenvalue weighted by Gasteiger charge is -2.47. The van der Waals surface area contributed by atoms with Gasteiger partial charge in [-0.25, -0.2) is 4.79 Å². The van der Waals surface area contributed by atoms with Gasteiger partial charge < -0.3 is 43.9 Å². The molecular weight excluding hydrogens is 795 g/mol. The molecule has 13 nitrogen and oxygen atoms in total. The fourth-order valence-electron chi connectivity index (χ4n) is 9.98. The van der Waals surface area contributed by atoms with Crippen LogP contribution in [0.2, 0.25) is 0 Å². The number of Topliss-reactive ketones (excluding diaryl/α,β-unsaturated/α-hetero) is 2. The summed E-state index contributed by atoms with van der Waals surface area (Å²) in [6.45, 7) is 13.7. The van der Waals surface area contributed by atoms with Crippen molar-refractivity contribution in [2.45, 2.75) is 186 Å². The summed E-state index contributed by atoms with van der Waals surface area (Å²) >= 11 is 0. The van der Waals surface area contributed by atoms with E-state index in [1.165, 1.54) is 12.0 Å². The molecule has 3 N–H and O–H groups in total. The smallest absolute Gasteiger partial charge is 0.329 e. The molecular formula is C49H79NO12. The highest BCUT2D eigenvalue weighted by molar-refractivity contribution is 6.39. The molecule has 1 saturated carbocycles. The van der Waals surface area contributed by atoms with Crippen molar-refractivity contribution in [2.24, 2.45) is 35.5 Å². The number of nitrogens with zero attached hydrogens (tertiary/aromatic N) is 1. The van der Waals surface area contributed by atoms with Gasteiger partial charge in [0, 0.05) is 52.0 Å². The number of hydrogen-bond acceptors (Lipinski definition) is 12. The number of aliphatic hydroxyl groups excluding tert-OH is 2. The van der Waals surface area contributed by atoms with Crippen LogP contribution in [0.25, 0.3) is 0 Å². The van der Waals surface area contributed by atoms with Crippen LogP contribution < -0.4 is 0 Å². The summed E-state index contributed by atoms with van der Waals surface area (Å²) in [6.07, 6.45) is 9.62. The summed E-state index contributed by atoms with van der Waals surface area (Å²) in [7, 11) is 4.65. The number of aliphatic hydroxyl groups is 3. The summed E-state index contributed by atoms with van der Waals surface area (Å²) in [5, 5.41) is 34.5. The van der Waals surface area contributed by atoms with E-state index >= 15 is 0 Å². The number of ether oxygens (including phenoxy) is 5. The Kier molecular flexibility index (Phi) is 20.0. The fourth-order valence-corrected chi connectivity index (χ4v) is 9.98. The van der Waals surface area contributed by atoms with Crippen molar-refractivity contribution in [2.75, 3.05) is 27.9 Å². The predicted molar refractivity (Wildman–Crippen MR) is 236 cm³/mol. The second-order valence-corrected chi connectivity index (χ2v) is 19.2. The molecule has 13 heteroatoms. The third-order valence-corrected chi connectivity index (χ3v) is 14.2. The molecule has 4 aliphatic rings. The van der Waals surface area contributed by atoms with Gasteiger partial charge in [-0.2, -0.15) is 0 Å². The lowest BCUT2D eigenvalue weighted by atomic mass is 9.81. The van der Waals surface area contributed by atoms with Gasteiger partial charge in [0.15, 0.2) is 0 Å². The summed E-state index contributed by atoms with van der Waals surface area (Å²) in [6, 6.07) is -1.14. The summed E-state index contributed by atoms with van der Waals surface area (Å²) < 4.78 is 30.0. The summed E-state index contributed by atoms with van der Waals surface area (Å²) in [5.74, 6) is -7.15. The highest BCUT2D eigenvalue weighted by atomic mass is 16.7. The Morgan fingerprint density at radius 1 is 0.919 bits per heavy atom. The van der Waals surface area contributed by atoms with Gasteiger partial charge in [0.25, 0.3) is 11.7 Å². The Labute approximate surface area is 371 Å². The molecule has 3 fully saturated rings. The maximum atomic E-state index is 14.4. The number of fused-ring (bicyclic) bond motifs is 3. The van der Waals surface area contributed by atoms with E-state index in [2.05, 4.69) is 32.9 Å². The van der Waals surface area contributed by atoms with Crippen LogP contribution >= 0.6 is 0 Å². The van der Waals surface area contributed by atoms with Crippen LogP contribution in [-0.2, 0) is 42.9 Å². The number of amides is 1. The van der Waals surface area contributed by atoms with Gasteiger partial charge >= 0.3 is 5.97 Å². The first kappa shape index (κ1) is 51.9. The number of carbonyl (C=O) groups excluding carboxylic acids is 4. The molecule has 352 valence electrons. The zero-order valence-corrected chi connectivity index (χ0v) is 39.3. The molecule has 0 aromatic heterocycles. The van der Waals surface area contributed by atoms with Crippen molar-refractivity contribution in [3.05, 3.63) is 35.5 Å². The molecule has 0 aromatic carbocycles. The average Bonchev–Trinajstić information content (AvgIpc) is 3.25. The number of methoxy groups -OCH3 is 3. The number of rotatable bonds is 10. The first-order chi connectivity index (χ1) is 29.4. The second kappa shape index (κ2) is 23.9. The molecule has 0 aromatic rings. The third kappa shape index (κ3) is 13.2. The lowest BCUT2D eigenvalue weighted by molar-refractivity contribution is -0.302. The molecule has 3 aliphatic heterocycles. The van der Waals surface area contributed by atoms with Crippen LogP contribution in [0, 0.1) is 35.5 Å². The number of carbonyl (C=O) groups is 4. The van der Waals surface area contributed by atoms with Crippen LogP contribution in [-0.4, -0.2) is 126 Å². The third-order valence-electron chi connectivity index (χ3n) is 14.2. The molecule has 1 amide bonds. The number of esters is 1. The highest BCUT2D eigenvalue weighted by Crippen LogP contribution is 2.39. The van der Waals surface area contributed by atoms with E-state index in [1.54, 1.807) is 28.1 Å². The van der Waals surface area contributed by atoms with Crippen LogP contribution in [0.15, 0.2) is 35.5 Å². The molecule has 0 spiro atoms. The van der Waals surface area contributed by atoms with Crippen molar-refractivity contribution in [3.63, 3.8) is 0 Å². The van der Waals surface area contributed by atoms with Crippen LogP contribution in [0.3, 0.4) is 0 Å². The Morgan fingerprint density at radius 3 is 2.26 bits per heavy atom. The van der Waals surface area contributed by atoms with Crippen LogP contribution in [0.5, 0.6) is 0 Å². The zero-order chi connectivity index (χ0) is 45.9. The van der Waals surface area contributed by atoms with E-state index in [4.69, 9.17) is 23.7 Å². The van der Waals surface area contributed by atoms with E-state index in [9.17, 15) is 34.5 Å². The number of cyclic esters (lactones) is 1. The Bertz CT molecular complexity index is 1590. The van der Waals surface area contributed by atoms with E-state index in [-0.39, 0.29) is 49.5 Å². The van der Waals surface area contributed by atoms with E-state index in [1.807, 2.05) is 26.0 Å². The minimum absolute atomic E-state index is 0.0110. The predicted octanol–water partition coefficient (Wildman–Crippen LogP) is 6.45. The van der Waals surface area contributed by atoms with Crippen molar-refractivity contribution in [1.82, 2.24) is 4.90 Å². The van der Waals surface area contributed by atoms with Gasteiger partial charge in [-0.3, -0.25) is 14.4 Å². The average molecular weight is 874 g/mol. The number of hydrogen-bond donors (Lipinski definition) is 3. The van der Waals surface area contributed by atoms with Gasteiger partial charge in [-0.15, -0.1) is 0 Å². The Balaban J connectivity index is 1.79. The minimum atomic E-state index is -2.51. The van der Waals surface area contributed by atoms with E-state index in [0.717, 1.165) is 18.4 Å². The largest absolute Gasteiger partial charge is 0.456 e. The van der Waals surface area contributed by atoms with Crippen LogP contribution in [0.1, 0.15) is 132 Å². The maximum Gasteiger partial charge on any atom is 0.329 e. The summed E-state index contributed by atoms with van der Waals surface area (Å²) in [5.41, 5.74) is 1.65. The zero-order valence-electron chi connectivity index (χ0n) is 39.3. The molecule has 2 saturated heterocycles. The molecule has 3 heterocycles. The Hall–Kier alpha value is -2.78. The quantitative estimate of drug-likeness (QED) is 0.124. The van der Waals surface area contributed by atoms with Crippen molar-refractivity contribution >= 4 is 23.4 Å². The molecule has 1 unspecified atom stereocenters. The number of ketones is 2. The van der Waals surface area contributed by atoms with Crippen LogP contribution in [0.4, 0.5) is 0 Å². The number of piperidine rings is 1. The molecule has 62 heavy (non-hydrogen) atoms.